The van der Waals surface area contributed by atoms with Crippen LogP contribution in [0.5, 0.6) is 5.75 Å². The minimum atomic E-state index is -0.789. The fourth-order valence-corrected chi connectivity index (χ4v) is 5.90. The number of amides is 1. The zero-order valence-electron chi connectivity index (χ0n) is 20.7. The molecule has 0 fully saturated rings. The average Bonchev–Trinajstić information content (AvgIpc) is 3.38. The van der Waals surface area contributed by atoms with Crippen molar-refractivity contribution in [2.75, 3.05) is 25.2 Å². The third-order valence-electron chi connectivity index (χ3n) is 6.45. The molecule has 0 saturated carbocycles. The van der Waals surface area contributed by atoms with E-state index in [1.54, 1.807) is 43.2 Å². The number of hydrogen-bond donors (Lipinski definition) is 0. The van der Waals surface area contributed by atoms with Crippen molar-refractivity contribution >= 4 is 34.5 Å². The van der Waals surface area contributed by atoms with Gasteiger partial charge in [0.1, 0.15) is 16.9 Å². The molecule has 0 saturated heterocycles. The first-order chi connectivity index (χ1) is 17.9. The van der Waals surface area contributed by atoms with Gasteiger partial charge in [0.2, 0.25) is 0 Å². The van der Waals surface area contributed by atoms with Crippen LogP contribution >= 0.6 is 11.3 Å². The molecule has 3 aromatic rings. The monoisotopic (exact) mass is 515 g/mol. The molecule has 8 nitrogen and oxygen atoms in total. The summed E-state index contributed by atoms with van der Waals surface area (Å²) in [5, 5.41) is 0. The van der Waals surface area contributed by atoms with Gasteiger partial charge in [-0.3, -0.25) is 14.2 Å². The van der Waals surface area contributed by atoms with Crippen LogP contribution in [0.25, 0.3) is 5.57 Å². The maximum Gasteiger partial charge on any atom is 0.338 e. The summed E-state index contributed by atoms with van der Waals surface area (Å²) >= 11 is 1.15. The van der Waals surface area contributed by atoms with Gasteiger partial charge in [-0.1, -0.05) is 54.3 Å². The predicted molar refractivity (Wildman–Crippen MR) is 141 cm³/mol. The van der Waals surface area contributed by atoms with E-state index in [1.165, 1.54) is 10.6 Å². The third kappa shape index (κ3) is 3.92. The second kappa shape index (κ2) is 9.67. The van der Waals surface area contributed by atoms with Crippen molar-refractivity contribution in [2.24, 2.45) is 4.99 Å². The number of fused-ring (bicyclic) bond motifs is 2. The molecule has 188 valence electrons. The molecule has 1 unspecified atom stereocenters. The Morgan fingerprint density at radius 3 is 2.57 bits per heavy atom. The zero-order valence-corrected chi connectivity index (χ0v) is 21.5. The number of methoxy groups -OCH3 is 1. The van der Waals surface area contributed by atoms with Crippen LogP contribution in [-0.4, -0.2) is 36.7 Å². The zero-order chi connectivity index (χ0) is 26.3. The molecular weight excluding hydrogens is 490 g/mol. The standard InChI is InChI=1S/C28H25N3O5S/c1-5-15-36-27(34)21-16(3)29-28-31(23(21)17-11-13-18(35-4)14-12-17)26(33)24(37-28)22-19-9-7-8-10-20(19)30(6-2)25(22)32/h5,7-14,23H,1,6,15H2,2-4H3. The molecule has 2 aromatic carbocycles. The van der Waals surface area contributed by atoms with Crippen molar-refractivity contribution in [3.05, 3.63) is 103 Å². The van der Waals surface area contributed by atoms with Crippen molar-refractivity contribution in [1.29, 1.82) is 0 Å². The van der Waals surface area contributed by atoms with Crippen LogP contribution in [0, 0.1) is 0 Å². The van der Waals surface area contributed by atoms with Crippen molar-refractivity contribution in [2.45, 2.75) is 19.9 Å². The summed E-state index contributed by atoms with van der Waals surface area (Å²) in [4.78, 5) is 47.3. The smallest absolute Gasteiger partial charge is 0.338 e. The van der Waals surface area contributed by atoms with E-state index in [1.807, 2.05) is 31.2 Å². The summed E-state index contributed by atoms with van der Waals surface area (Å²) in [7, 11) is 1.57. The van der Waals surface area contributed by atoms with Crippen LogP contribution in [0.2, 0.25) is 0 Å². The Morgan fingerprint density at radius 1 is 1.16 bits per heavy atom. The Hall–Kier alpha value is -4.24. The molecule has 0 aliphatic carbocycles. The maximum atomic E-state index is 14.1. The number of allylic oxidation sites excluding steroid dienone is 1. The highest BCUT2D eigenvalue weighted by molar-refractivity contribution is 7.07. The lowest BCUT2D eigenvalue weighted by atomic mass is 9.96. The number of para-hydroxylation sites is 1. The van der Waals surface area contributed by atoms with E-state index in [0.717, 1.165) is 17.0 Å². The van der Waals surface area contributed by atoms with Gasteiger partial charge in [0.05, 0.1) is 35.7 Å². The number of hydrogen-bond acceptors (Lipinski definition) is 7. The summed E-state index contributed by atoms with van der Waals surface area (Å²) in [5.74, 6) is -0.168. The number of thiazole rings is 1. The number of carbonyl (C=O) groups is 2. The van der Waals surface area contributed by atoms with Gasteiger partial charge >= 0.3 is 5.97 Å². The fourth-order valence-electron chi connectivity index (χ4n) is 4.76. The van der Waals surface area contributed by atoms with Crippen LogP contribution in [0.3, 0.4) is 0 Å². The van der Waals surface area contributed by atoms with Crippen LogP contribution in [-0.2, 0) is 14.3 Å². The average molecular weight is 516 g/mol. The number of aromatic nitrogens is 1. The molecule has 0 radical (unpaired) electrons. The lowest BCUT2D eigenvalue weighted by molar-refractivity contribution is -0.138. The number of rotatable bonds is 6. The minimum absolute atomic E-state index is 0.0254. The van der Waals surface area contributed by atoms with E-state index in [4.69, 9.17) is 9.47 Å². The number of ether oxygens (including phenoxy) is 2. The Bertz CT molecular complexity index is 1650. The number of carbonyl (C=O) groups excluding carboxylic acids is 2. The topological polar surface area (TPSA) is 90.2 Å². The summed E-state index contributed by atoms with van der Waals surface area (Å²) in [6, 6.07) is 13.8. The van der Waals surface area contributed by atoms with E-state index < -0.39 is 12.0 Å². The first kappa shape index (κ1) is 24.5. The lowest BCUT2D eigenvalue weighted by Crippen LogP contribution is -2.41. The number of nitrogens with zero attached hydrogens (tertiary/aromatic N) is 3. The van der Waals surface area contributed by atoms with E-state index in [9.17, 15) is 14.4 Å². The quantitative estimate of drug-likeness (QED) is 0.372. The lowest BCUT2D eigenvalue weighted by Gasteiger charge is -2.24. The fraction of sp³-hybridized carbons (Fsp3) is 0.214. The van der Waals surface area contributed by atoms with E-state index in [0.29, 0.717) is 44.0 Å². The van der Waals surface area contributed by atoms with Gasteiger partial charge in [0.25, 0.3) is 11.5 Å². The van der Waals surface area contributed by atoms with E-state index in [2.05, 4.69) is 11.6 Å². The summed E-state index contributed by atoms with van der Waals surface area (Å²) in [6.07, 6.45) is 1.48. The van der Waals surface area contributed by atoms with E-state index in [-0.39, 0.29) is 23.6 Å². The maximum absolute atomic E-state index is 14.1. The highest BCUT2D eigenvalue weighted by Gasteiger charge is 2.36. The van der Waals surface area contributed by atoms with Crippen molar-refractivity contribution < 1.29 is 19.1 Å². The molecular formula is C28H25N3O5S. The van der Waals surface area contributed by atoms with Gasteiger partial charge < -0.3 is 14.4 Å². The third-order valence-corrected chi connectivity index (χ3v) is 7.50. The minimum Gasteiger partial charge on any atom is -0.497 e. The normalized spacial score (nSPS) is 17.8. The number of benzene rings is 2. The van der Waals surface area contributed by atoms with Gasteiger partial charge in [-0.25, -0.2) is 9.79 Å². The molecule has 0 bridgehead atoms. The van der Waals surface area contributed by atoms with Crippen LogP contribution < -0.4 is 24.5 Å². The van der Waals surface area contributed by atoms with Crippen molar-refractivity contribution in [3.8, 4) is 5.75 Å². The Balaban J connectivity index is 1.79. The summed E-state index contributed by atoms with van der Waals surface area (Å²) < 4.78 is 12.4. The van der Waals surface area contributed by atoms with Gasteiger partial charge in [-0.2, -0.15) is 0 Å². The second-order valence-corrected chi connectivity index (χ2v) is 9.48. The van der Waals surface area contributed by atoms with Gasteiger partial charge in [-0.15, -0.1) is 0 Å². The molecule has 1 atom stereocenters. The second-order valence-electron chi connectivity index (χ2n) is 8.50. The van der Waals surface area contributed by atoms with Crippen LogP contribution in [0.15, 0.2) is 82.2 Å². The van der Waals surface area contributed by atoms with Crippen molar-refractivity contribution in [1.82, 2.24) is 4.57 Å². The first-order valence-electron chi connectivity index (χ1n) is 11.8. The molecule has 5 rings (SSSR count). The Kier molecular flexibility index (Phi) is 6.39. The molecule has 2 aliphatic rings. The molecule has 1 amide bonds. The van der Waals surface area contributed by atoms with Gasteiger partial charge in [0.15, 0.2) is 4.80 Å². The highest BCUT2D eigenvalue weighted by Crippen LogP contribution is 2.35. The SMILES string of the molecule is C=CCOC(=O)C1=C(C)N=c2sc(=C3C(=O)N(CC)c4ccccc43)c(=O)n2C1c1ccc(OC)cc1. The molecule has 0 spiro atoms. The molecule has 0 N–H and O–H groups in total. The Labute approximate surface area is 217 Å². The molecule has 1 aromatic heterocycles. The largest absolute Gasteiger partial charge is 0.497 e. The molecule has 2 aliphatic heterocycles. The summed E-state index contributed by atoms with van der Waals surface area (Å²) in [5.41, 5.74) is 2.83. The van der Waals surface area contributed by atoms with Crippen LogP contribution in [0.1, 0.15) is 31.0 Å². The molecule has 3 heterocycles. The molecule has 9 heteroatoms. The predicted octanol–water partition coefficient (Wildman–Crippen LogP) is 2.71. The van der Waals surface area contributed by atoms with Gasteiger partial charge in [-0.05, 0) is 37.6 Å². The highest BCUT2D eigenvalue weighted by atomic mass is 32.1. The van der Waals surface area contributed by atoms with E-state index >= 15 is 0 Å². The van der Waals surface area contributed by atoms with Crippen LogP contribution in [0.4, 0.5) is 5.69 Å². The van der Waals surface area contributed by atoms with Gasteiger partial charge in [0, 0.05) is 12.1 Å². The van der Waals surface area contributed by atoms with Crippen molar-refractivity contribution in [3.63, 3.8) is 0 Å². The Morgan fingerprint density at radius 2 is 1.89 bits per heavy atom. The number of anilines is 1. The molecule has 37 heavy (non-hydrogen) atoms. The first-order valence-corrected chi connectivity index (χ1v) is 12.6. The number of esters is 1. The summed E-state index contributed by atoms with van der Waals surface area (Å²) in [6.45, 7) is 7.72. The number of likely N-dealkylation sites (N-methyl/N-ethyl adjacent to an activating group) is 1.